The summed E-state index contributed by atoms with van der Waals surface area (Å²) in [4.78, 5) is 0. The Bertz CT molecular complexity index is 562. The third kappa shape index (κ3) is 3.14. The smallest absolute Gasteiger partial charge is 0.157 e. The number of rotatable bonds is 4. The van der Waals surface area contributed by atoms with E-state index in [-0.39, 0.29) is 11.9 Å². The highest BCUT2D eigenvalue weighted by molar-refractivity contribution is 7.92. The lowest BCUT2D eigenvalue weighted by Crippen LogP contribution is -2.31. The van der Waals surface area contributed by atoms with Gasteiger partial charge in [0.15, 0.2) is 9.84 Å². The topological polar surface area (TPSA) is 67.2 Å². The fourth-order valence-electron chi connectivity index (χ4n) is 2.43. The molecule has 4 nitrogen and oxygen atoms in total. The molecule has 1 heterocycles. The Kier molecular flexibility index (Phi) is 4.23. The minimum atomic E-state index is -3.32. The van der Waals surface area contributed by atoms with Gasteiger partial charge in [-0.3, -0.25) is 0 Å². The normalized spacial score (nSPS) is 24.8. The van der Waals surface area contributed by atoms with Crippen LogP contribution in [0.1, 0.15) is 24.8 Å². The van der Waals surface area contributed by atoms with Gasteiger partial charge in [0.2, 0.25) is 0 Å². The molecule has 0 saturated carbocycles. The third-order valence-electron chi connectivity index (χ3n) is 3.52. The summed E-state index contributed by atoms with van der Waals surface area (Å²) in [5.74, 6) is -0.745. The average molecular weight is 279 g/mol. The molecule has 0 N–H and O–H groups in total. The number of nitrogens with zero attached hydrogens (tertiary/aromatic N) is 1. The molecule has 2 rings (SSSR count). The molecule has 19 heavy (non-hydrogen) atoms. The molecular formula is C14H17NO3S. The van der Waals surface area contributed by atoms with Crippen LogP contribution in [0.3, 0.4) is 0 Å². The zero-order valence-corrected chi connectivity index (χ0v) is 11.6. The number of hydrogen-bond donors (Lipinski definition) is 0. The first-order chi connectivity index (χ1) is 9.04. The highest BCUT2D eigenvalue weighted by atomic mass is 32.2. The van der Waals surface area contributed by atoms with Crippen molar-refractivity contribution in [2.24, 2.45) is 0 Å². The van der Waals surface area contributed by atoms with Crippen molar-refractivity contribution in [3.63, 3.8) is 0 Å². The van der Waals surface area contributed by atoms with Crippen LogP contribution in [-0.4, -0.2) is 32.1 Å². The van der Waals surface area contributed by atoms with Crippen molar-refractivity contribution < 1.29 is 13.2 Å². The molecule has 3 atom stereocenters. The van der Waals surface area contributed by atoms with Crippen LogP contribution in [0, 0.1) is 11.3 Å². The molecule has 0 amide bonds. The standard InChI is InChI=1S/C14H17NO3S/c1-11-14(7-8-18-11)19(16,17)10-13(9-15)12-5-3-2-4-6-12/h2-6,11,13-14H,7-8,10H2,1H3. The van der Waals surface area contributed by atoms with Crippen LogP contribution >= 0.6 is 0 Å². The molecule has 1 aliphatic rings. The van der Waals surface area contributed by atoms with E-state index in [1.807, 2.05) is 18.2 Å². The molecule has 0 spiro atoms. The maximum Gasteiger partial charge on any atom is 0.157 e. The number of sulfone groups is 1. The molecule has 3 unspecified atom stereocenters. The Morgan fingerprint density at radius 1 is 1.42 bits per heavy atom. The zero-order chi connectivity index (χ0) is 13.9. The van der Waals surface area contributed by atoms with Gasteiger partial charge in [-0.2, -0.15) is 5.26 Å². The summed E-state index contributed by atoms with van der Waals surface area (Å²) in [7, 11) is -3.32. The van der Waals surface area contributed by atoms with Gasteiger partial charge < -0.3 is 4.74 Å². The molecule has 1 fully saturated rings. The second-order valence-corrected chi connectivity index (χ2v) is 7.09. The largest absolute Gasteiger partial charge is 0.377 e. The Morgan fingerprint density at radius 2 is 2.11 bits per heavy atom. The first kappa shape index (κ1) is 14.0. The minimum Gasteiger partial charge on any atom is -0.377 e. The van der Waals surface area contributed by atoms with Crippen LogP contribution in [0.15, 0.2) is 30.3 Å². The SMILES string of the molecule is CC1OCCC1S(=O)(=O)CC(C#N)c1ccccc1. The van der Waals surface area contributed by atoms with Gasteiger partial charge in [-0.25, -0.2) is 8.42 Å². The third-order valence-corrected chi connectivity index (χ3v) is 5.86. The molecule has 5 heteroatoms. The van der Waals surface area contributed by atoms with Gasteiger partial charge >= 0.3 is 0 Å². The second kappa shape index (κ2) is 5.72. The van der Waals surface area contributed by atoms with Gasteiger partial charge in [0, 0.05) is 6.61 Å². The second-order valence-electron chi connectivity index (χ2n) is 4.82. The summed E-state index contributed by atoms with van der Waals surface area (Å²) >= 11 is 0. The lowest BCUT2D eigenvalue weighted by Gasteiger charge is -2.17. The van der Waals surface area contributed by atoms with Crippen molar-refractivity contribution in [3.05, 3.63) is 35.9 Å². The number of nitriles is 1. The van der Waals surface area contributed by atoms with Crippen molar-refractivity contribution >= 4 is 9.84 Å². The molecule has 1 saturated heterocycles. The van der Waals surface area contributed by atoms with Crippen LogP contribution < -0.4 is 0 Å². The van der Waals surface area contributed by atoms with E-state index in [1.54, 1.807) is 19.1 Å². The fourth-order valence-corrected chi connectivity index (χ4v) is 4.53. The fraction of sp³-hybridized carbons (Fsp3) is 0.500. The molecule has 0 bridgehead atoms. The Hall–Kier alpha value is -1.38. The van der Waals surface area contributed by atoms with Crippen molar-refractivity contribution in [2.75, 3.05) is 12.4 Å². The summed E-state index contributed by atoms with van der Waals surface area (Å²) < 4.78 is 30.0. The van der Waals surface area contributed by atoms with E-state index in [1.165, 1.54) is 0 Å². The van der Waals surface area contributed by atoms with E-state index in [0.717, 1.165) is 5.56 Å². The summed E-state index contributed by atoms with van der Waals surface area (Å²) in [6, 6.07) is 11.1. The average Bonchev–Trinajstić information content (AvgIpc) is 2.84. The van der Waals surface area contributed by atoms with Gasteiger partial charge in [0.1, 0.15) is 0 Å². The number of benzene rings is 1. The maximum atomic E-state index is 12.4. The molecule has 0 aliphatic carbocycles. The van der Waals surface area contributed by atoms with E-state index in [9.17, 15) is 13.7 Å². The van der Waals surface area contributed by atoms with Gasteiger partial charge in [0.25, 0.3) is 0 Å². The Balaban J connectivity index is 2.17. The van der Waals surface area contributed by atoms with Crippen LogP contribution in [0.5, 0.6) is 0 Å². The number of hydrogen-bond acceptors (Lipinski definition) is 4. The summed E-state index contributed by atoms with van der Waals surface area (Å²) in [6.45, 7) is 2.26. The van der Waals surface area contributed by atoms with Crippen LogP contribution in [-0.2, 0) is 14.6 Å². The van der Waals surface area contributed by atoms with Crippen LogP contribution in [0.25, 0.3) is 0 Å². The summed E-state index contributed by atoms with van der Waals surface area (Å²) in [6.07, 6.45) is 0.247. The minimum absolute atomic E-state index is 0.133. The lowest BCUT2D eigenvalue weighted by molar-refractivity contribution is 0.126. The Labute approximate surface area is 113 Å². The molecular weight excluding hydrogens is 262 g/mol. The van der Waals surface area contributed by atoms with Crippen molar-refractivity contribution in [3.8, 4) is 6.07 Å². The summed E-state index contributed by atoms with van der Waals surface area (Å²) in [5, 5.41) is 8.73. The van der Waals surface area contributed by atoms with Crippen molar-refractivity contribution in [2.45, 2.75) is 30.6 Å². The van der Waals surface area contributed by atoms with E-state index >= 15 is 0 Å². The van der Waals surface area contributed by atoms with Gasteiger partial charge in [-0.05, 0) is 18.9 Å². The maximum absolute atomic E-state index is 12.4. The van der Waals surface area contributed by atoms with Gasteiger partial charge in [-0.1, -0.05) is 30.3 Å². The molecule has 0 radical (unpaired) electrons. The Morgan fingerprint density at radius 3 is 2.63 bits per heavy atom. The van der Waals surface area contributed by atoms with Gasteiger partial charge in [-0.15, -0.1) is 0 Å². The predicted octanol–water partition coefficient (Wildman–Crippen LogP) is 1.89. The molecule has 1 aromatic rings. The summed E-state index contributed by atoms with van der Waals surface area (Å²) in [5.41, 5.74) is 0.750. The molecule has 102 valence electrons. The first-order valence-electron chi connectivity index (χ1n) is 6.32. The van der Waals surface area contributed by atoms with E-state index in [2.05, 4.69) is 6.07 Å². The monoisotopic (exact) mass is 279 g/mol. The molecule has 0 aromatic heterocycles. The lowest BCUT2D eigenvalue weighted by atomic mass is 10.0. The quantitative estimate of drug-likeness (QED) is 0.844. The zero-order valence-electron chi connectivity index (χ0n) is 10.8. The van der Waals surface area contributed by atoms with Crippen molar-refractivity contribution in [1.29, 1.82) is 5.26 Å². The van der Waals surface area contributed by atoms with Crippen LogP contribution in [0.2, 0.25) is 0 Å². The van der Waals surface area contributed by atoms with Crippen LogP contribution in [0.4, 0.5) is 0 Å². The first-order valence-corrected chi connectivity index (χ1v) is 8.04. The highest BCUT2D eigenvalue weighted by Gasteiger charge is 2.37. The molecule has 1 aromatic carbocycles. The highest BCUT2D eigenvalue weighted by Crippen LogP contribution is 2.25. The number of ether oxygens (including phenoxy) is 1. The van der Waals surface area contributed by atoms with Crippen molar-refractivity contribution in [1.82, 2.24) is 0 Å². The predicted molar refractivity (Wildman–Crippen MR) is 72.4 cm³/mol. The van der Waals surface area contributed by atoms with E-state index < -0.39 is 21.0 Å². The van der Waals surface area contributed by atoms with Gasteiger partial charge in [0.05, 0.1) is 29.1 Å². The van der Waals surface area contributed by atoms with E-state index in [4.69, 9.17) is 4.74 Å². The molecule has 1 aliphatic heterocycles. The van der Waals surface area contributed by atoms with E-state index in [0.29, 0.717) is 13.0 Å².